The lowest BCUT2D eigenvalue weighted by molar-refractivity contribution is -0.134. The molecule has 0 N–H and O–H groups in total. The van der Waals surface area contributed by atoms with Gasteiger partial charge in [-0.15, -0.1) is 0 Å². The summed E-state index contributed by atoms with van der Waals surface area (Å²) >= 11 is 0. The van der Waals surface area contributed by atoms with Crippen LogP contribution in [0.25, 0.3) is 0 Å². The quantitative estimate of drug-likeness (QED) is 0.432. The Balaban J connectivity index is 1.37. The van der Waals surface area contributed by atoms with E-state index in [4.69, 9.17) is 14.6 Å². The molecule has 2 heterocycles. The highest BCUT2D eigenvalue weighted by Gasteiger charge is 2.36. The maximum absolute atomic E-state index is 14.3. The van der Waals surface area contributed by atoms with Crippen molar-refractivity contribution in [1.29, 1.82) is 0 Å². The molecule has 3 aromatic rings. The van der Waals surface area contributed by atoms with Gasteiger partial charge in [0, 0.05) is 44.2 Å². The van der Waals surface area contributed by atoms with Crippen LogP contribution in [0.3, 0.4) is 0 Å². The molecule has 8 heteroatoms. The van der Waals surface area contributed by atoms with Crippen LogP contribution < -0.4 is 14.4 Å². The van der Waals surface area contributed by atoms with Gasteiger partial charge in [-0.05, 0) is 60.9 Å². The fourth-order valence-corrected chi connectivity index (χ4v) is 5.29. The molecule has 2 aliphatic heterocycles. The van der Waals surface area contributed by atoms with Crippen molar-refractivity contribution in [2.75, 3.05) is 51.8 Å². The number of methoxy groups -OCH3 is 2. The average molecular weight is 531 g/mol. The van der Waals surface area contributed by atoms with Gasteiger partial charge in [0.25, 0.3) is 5.91 Å². The molecule has 1 amide bonds. The van der Waals surface area contributed by atoms with Crippen molar-refractivity contribution < 1.29 is 18.7 Å². The molecule has 1 atom stereocenters. The second-order valence-electron chi connectivity index (χ2n) is 10.1. The lowest BCUT2D eigenvalue weighted by atomic mass is 9.96. The molecule has 0 spiro atoms. The summed E-state index contributed by atoms with van der Waals surface area (Å²) in [5.74, 6) is 1.06. The summed E-state index contributed by atoms with van der Waals surface area (Å²) in [7, 11) is 3.24. The third kappa shape index (κ3) is 5.61. The first-order chi connectivity index (χ1) is 18.9. The first-order valence-electron chi connectivity index (χ1n) is 13.3. The number of hydrogen-bond acceptors (Lipinski definition) is 6. The number of amides is 1. The van der Waals surface area contributed by atoms with Crippen molar-refractivity contribution in [1.82, 2.24) is 9.91 Å². The molecule has 7 nitrogen and oxygen atoms in total. The van der Waals surface area contributed by atoms with Crippen molar-refractivity contribution in [3.63, 3.8) is 0 Å². The molecule has 2 aliphatic rings. The minimum atomic E-state index is -0.297. The summed E-state index contributed by atoms with van der Waals surface area (Å²) in [6, 6.07) is 18.5. The Labute approximate surface area is 229 Å². The van der Waals surface area contributed by atoms with Crippen LogP contribution in [-0.4, -0.2) is 68.5 Å². The predicted octanol–water partition coefficient (Wildman–Crippen LogP) is 4.96. The molecule has 0 saturated carbocycles. The lowest BCUT2D eigenvalue weighted by Crippen LogP contribution is -2.49. The smallest absolute Gasteiger partial charge is 0.257 e. The number of rotatable bonds is 7. The number of carbonyl (C=O) groups is 1. The molecule has 0 aromatic heterocycles. The number of para-hydroxylation sites is 1. The highest BCUT2D eigenvalue weighted by Crippen LogP contribution is 2.39. The number of halogens is 1. The van der Waals surface area contributed by atoms with Gasteiger partial charge in [0.1, 0.15) is 17.3 Å². The van der Waals surface area contributed by atoms with Crippen LogP contribution >= 0.6 is 0 Å². The third-order valence-electron chi connectivity index (χ3n) is 7.73. The average Bonchev–Trinajstić information content (AvgIpc) is 3.40. The lowest BCUT2D eigenvalue weighted by Gasteiger charge is -2.36. The molecule has 0 bridgehead atoms. The van der Waals surface area contributed by atoms with Crippen LogP contribution in [0, 0.1) is 19.7 Å². The standard InChI is InChI=1S/C31H35FN4O3/c1-21-9-10-23(17-22(21)2)27-19-29(25-12-11-24(38-3)18-30(25)39-4)36(33-27)31(37)20-34-13-15-35(16-14-34)28-8-6-5-7-26(28)32/h5-12,17-18,29H,13-16,19-20H2,1-4H3. The number of carbonyl (C=O) groups excluding carboxylic acids is 1. The van der Waals surface area contributed by atoms with E-state index < -0.39 is 0 Å². The molecule has 1 saturated heterocycles. The van der Waals surface area contributed by atoms with Crippen molar-refractivity contribution >= 4 is 17.3 Å². The number of hydrazone groups is 1. The van der Waals surface area contributed by atoms with E-state index in [-0.39, 0.29) is 24.3 Å². The summed E-state index contributed by atoms with van der Waals surface area (Å²) in [5.41, 5.74) is 5.79. The van der Waals surface area contributed by atoms with Crippen molar-refractivity contribution in [2.45, 2.75) is 26.3 Å². The molecule has 0 aliphatic carbocycles. The number of piperazine rings is 1. The van der Waals surface area contributed by atoms with E-state index in [0.29, 0.717) is 49.8 Å². The zero-order valence-electron chi connectivity index (χ0n) is 23.0. The molecule has 204 valence electrons. The second kappa shape index (κ2) is 11.5. The van der Waals surface area contributed by atoms with Crippen LogP contribution in [0.15, 0.2) is 65.8 Å². The van der Waals surface area contributed by atoms with E-state index in [1.54, 1.807) is 31.4 Å². The van der Waals surface area contributed by atoms with Gasteiger partial charge in [-0.3, -0.25) is 9.69 Å². The molecule has 0 radical (unpaired) electrons. The van der Waals surface area contributed by atoms with Crippen molar-refractivity contribution in [3.8, 4) is 11.5 Å². The van der Waals surface area contributed by atoms with Crippen molar-refractivity contribution in [2.24, 2.45) is 5.10 Å². The fraction of sp³-hybridized carbons (Fsp3) is 0.355. The van der Waals surface area contributed by atoms with Crippen LogP contribution in [0.1, 0.15) is 34.7 Å². The van der Waals surface area contributed by atoms with Gasteiger partial charge < -0.3 is 14.4 Å². The van der Waals surface area contributed by atoms with E-state index >= 15 is 0 Å². The Morgan fingerprint density at radius 2 is 1.72 bits per heavy atom. The highest BCUT2D eigenvalue weighted by molar-refractivity contribution is 6.03. The first kappa shape index (κ1) is 26.7. The number of ether oxygens (including phenoxy) is 2. The number of aryl methyl sites for hydroxylation is 2. The molecule has 3 aromatic carbocycles. The molecule has 5 rings (SSSR count). The monoisotopic (exact) mass is 530 g/mol. The predicted molar refractivity (Wildman–Crippen MR) is 151 cm³/mol. The van der Waals surface area contributed by atoms with E-state index in [9.17, 15) is 9.18 Å². The molecule has 39 heavy (non-hydrogen) atoms. The van der Waals surface area contributed by atoms with Gasteiger partial charge in [0.05, 0.1) is 38.2 Å². The van der Waals surface area contributed by atoms with Gasteiger partial charge in [0.2, 0.25) is 0 Å². The number of anilines is 1. The van der Waals surface area contributed by atoms with Crippen LogP contribution in [0.5, 0.6) is 11.5 Å². The summed E-state index contributed by atoms with van der Waals surface area (Å²) in [4.78, 5) is 17.9. The number of benzene rings is 3. The maximum atomic E-state index is 14.3. The molecule has 1 unspecified atom stereocenters. The number of hydrogen-bond donors (Lipinski definition) is 0. The summed E-state index contributed by atoms with van der Waals surface area (Å²) in [6.07, 6.45) is 0.581. The number of nitrogens with zero attached hydrogens (tertiary/aromatic N) is 4. The summed E-state index contributed by atoms with van der Waals surface area (Å²) in [5, 5.41) is 6.49. The highest BCUT2D eigenvalue weighted by atomic mass is 19.1. The first-order valence-corrected chi connectivity index (χ1v) is 13.3. The Hall–Kier alpha value is -3.91. The van der Waals surface area contributed by atoms with Crippen LogP contribution in [-0.2, 0) is 4.79 Å². The minimum absolute atomic E-state index is 0.0731. The summed E-state index contributed by atoms with van der Waals surface area (Å²) in [6.45, 7) is 7.05. The summed E-state index contributed by atoms with van der Waals surface area (Å²) < 4.78 is 25.4. The Bertz CT molecular complexity index is 1380. The topological polar surface area (TPSA) is 57.6 Å². The van der Waals surface area contributed by atoms with Crippen molar-refractivity contribution in [3.05, 3.63) is 88.7 Å². The minimum Gasteiger partial charge on any atom is -0.497 e. The zero-order chi connectivity index (χ0) is 27.5. The van der Waals surface area contributed by atoms with Gasteiger partial charge in [-0.1, -0.05) is 24.3 Å². The fourth-order valence-electron chi connectivity index (χ4n) is 5.29. The van der Waals surface area contributed by atoms with Gasteiger partial charge in [-0.25, -0.2) is 9.40 Å². The zero-order valence-corrected chi connectivity index (χ0v) is 23.0. The third-order valence-corrected chi connectivity index (χ3v) is 7.73. The van der Waals surface area contributed by atoms with E-state index in [1.807, 2.05) is 29.2 Å². The Kier molecular flexibility index (Phi) is 7.84. The van der Waals surface area contributed by atoms with E-state index in [0.717, 1.165) is 16.8 Å². The second-order valence-corrected chi connectivity index (χ2v) is 10.1. The van der Waals surface area contributed by atoms with Gasteiger partial charge >= 0.3 is 0 Å². The van der Waals surface area contributed by atoms with E-state index in [1.165, 1.54) is 17.2 Å². The van der Waals surface area contributed by atoms with E-state index in [2.05, 4.69) is 36.9 Å². The normalized spacial score (nSPS) is 17.8. The maximum Gasteiger partial charge on any atom is 0.257 e. The SMILES string of the molecule is COc1ccc(C2CC(c3ccc(C)c(C)c3)=NN2C(=O)CN2CCN(c3ccccc3F)CC2)c(OC)c1. The largest absolute Gasteiger partial charge is 0.497 e. The Morgan fingerprint density at radius 1 is 0.949 bits per heavy atom. The Morgan fingerprint density at radius 3 is 2.41 bits per heavy atom. The van der Waals surface area contributed by atoms with Crippen LogP contribution in [0.4, 0.5) is 10.1 Å². The molecule has 1 fully saturated rings. The molecular formula is C31H35FN4O3. The van der Waals surface area contributed by atoms with Gasteiger partial charge in [-0.2, -0.15) is 5.10 Å². The molecular weight excluding hydrogens is 495 g/mol. The van der Waals surface area contributed by atoms with Crippen LogP contribution in [0.2, 0.25) is 0 Å². The van der Waals surface area contributed by atoms with Gasteiger partial charge in [0.15, 0.2) is 0 Å².